The van der Waals surface area contributed by atoms with E-state index < -0.39 is 0 Å². The van der Waals surface area contributed by atoms with Gasteiger partial charge in [-0.15, -0.1) is 0 Å². The number of nitrogens with one attached hydrogen (secondary N) is 1. The van der Waals surface area contributed by atoms with E-state index >= 15 is 0 Å². The van der Waals surface area contributed by atoms with Crippen molar-refractivity contribution in [3.8, 4) is 0 Å². The van der Waals surface area contributed by atoms with Gasteiger partial charge in [-0.2, -0.15) is 0 Å². The maximum atomic E-state index is 6.11. The van der Waals surface area contributed by atoms with Crippen LogP contribution >= 0.6 is 23.8 Å². The molecule has 0 heterocycles. The lowest BCUT2D eigenvalue weighted by Crippen LogP contribution is -2.12. The number of aryl methyl sites for hydroxylation is 1. The Balaban J connectivity index is 2.40. The minimum Gasteiger partial charge on any atom is -0.389 e. The first kappa shape index (κ1) is 12.9. The standard InChI is InChI=1S/C14H13ClN2S/c1-9-4-2-5-10(8-9)17-12-7-3-6-11(15)13(12)14(16)18/h2-8,17H,1H3,(H2,16,18). The van der Waals surface area contributed by atoms with Crippen molar-refractivity contribution in [3.63, 3.8) is 0 Å². The molecule has 0 aliphatic heterocycles. The molecule has 0 spiro atoms. The van der Waals surface area contributed by atoms with Crippen molar-refractivity contribution in [3.05, 3.63) is 58.6 Å². The maximum Gasteiger partial charge on any atom is 0.107 e. The molecule has 2 aromatic rings. The molecule has 0 bridgehead atoms. The van der Waals surface area contributed by atoms with Crippen molar-refractivity contribution in [2.75, 3.05) is 5.32 Å². The summed E-state index contributed by atoms with van der Waals surface area (Å²) >= 11 is 11.1. The van der Waals surface area contributed by atoms with E-state index in [9.17, 15) is 0 Å². The molecule has 2 aromatic carbocycles. The Morgan fingerprint density at radius 1 is 1.22 bits per heavy atom. The number of hydrogen-bond acceptors (Lipinski definition) is 2. The van der Waals surface area contributed by atoms with Crippen LogP contribution in [0, 0.1) is 6.92 Å². The summed E-state index contributed by atoms with van der Waals surface area (Å²) in [6.45, 7) is 2.04. The fraction of sp³-hybridized carbons (Fsp3) is 0.0714. The molecule has 0 radical (unpaired) electrons. The smallest absolute Gasteiger partial charge is 0.107 e. The van der Waals surface area contributed by atoms with Crippen LogP contribution in [0.15, 0.2) is 42.5 Å². The molecule has 92 valence electrons. The van der Waals surface area contributed by atoms with Gasteiger partial charge in [-0.25, -0.2) is 0 Å². The molecular weight excluding hydrogens is 264 g/mol. The van der Waals surface area contributed by atoms with Crippen LogP contribution in [0.25, 0.3) is 0 Å². The summed E-state index contributed by atoms with van der Waals surface area (Å²) in [7, 11) is 0. The fourth-order valence-corrected chi connectivity index (χ4v) is 2.31. The molecule has 0 aromatic heterocycles. The molecule has 0 aliphatic carbocycles. The highest BCUT2D eigenvalue weighted by molar-refractivity contribution is 7.80. The molecule has 3 N–H and O–H groups in total. The summed E-state index contributed by atoms with van der Waals surface area (Å²) in [6.07, 6.45) is 0. The van der Waals surface area contributed by atoms with Crippen molar-refractivity contribution in [1.82, 2.24) is 0 Å². The van der Waals surface area contributed by atoms with Crippen LogP contribution < -0.4 is 11.1 Å². The number of hydrogen-bond donors (Lipinski definition) is 2. The summed E-state index contributed by atoms with van der Waals surface area (Å²) in [6, 6.07) is 13.6. The highest BCUT2D eigenvalue weighted by Crippen LogP contribution is 2.27. The lowest BCUT2D eigenvalue weighted by atomic mass is 10.1. The topological polar surface area (TPSA) is 38.0 Å². The Morgan fingerprint density at radius 3 is 2.61 bits per heavy atom. The van der Waals surface area contributed by atoms with Gasteiger partial charge in [-0.05, 0) is 36.8 Å². The zero-order valence-corrected chi connectivity index (χ0v) is 11.5. The maximum absolute atomic E-state index is 6.11. The van der Waals surface area contributed by atoms with Gasteiger partial charge >= 0.3 is 0 Å². The van der Waals surface area contributed by atoms with E-state index in [1.807, 2.05) is 43.3 Å². The van der Waals surface area contributed by atoms with Crippen molar-refractivity contribution in [2.24, 2.45) is 5.73 Å². The third-order valence-corrected chi connectivity index (χ3v) is 3.08. The predicted octanol–water partition coefficient (Wildman–Crippen LogP) is 4.03. The highest BCUT2D eigenvalue weighted by atomic mass is 35.5. The van der Waals surface area contributed by atoms with Crippen molar-refractivity contribution in [1.29, 1.82) is 0 Å². The molecule has 0 fully saturated rings. The van der Waals surface area contributed by atoms with Gasteiger partial charge in [0.05, 0.1) is 16.3 Å². The number of nitrogens with two attached hydrogens (primary N) is 1. The Labute approximate surface area is 117 Å². The van der Waals surface area contributed by atoms with E-state index in [4.69, 9.17) is 29.6 Å². The van der Waals surface area contributed by atoms with E-state index in [2.05, 4.69) is 5.32 Å². The molecule has 2 nitrogen and oxygen atoms in total. The molecule has 4 heteroatoms. The Bertz CT molecular complexity index is 596. The highest BCUT2D eigenvalue weighted by Gasteiger charge is 2.09. The van der Waals surface area contributed by atoms with E-state index in [0.29, 0.717) is 10.6 Å². The van der Waals surface area contributed by atoms with Gasteiger partial charge in [0.15, 0.2) is 0 Å². The number of halogens is 1. The van der Waals surface area contributed by atoms with Gasteiger partial charge in [-0.3, -0.25) is 0 Å². The van der Waals surface area contributed by atoms with Crippen LogP contribution in [0.4, 0.5) is 11.4 Å². The molecule has 0 aliphatic rings. The number of anilines is 2. The summed E-state index contributed by atoms with van der Waals surface area (Å²) < 4.78 is 0. The Hall–Kier alpha value is -1.58. The summed E-state index contributed by atoms with van der Waals surface area (Å²) in [5.74, 6) is 0. The predicted molar refractivity (Wildman–Crippen MR) is 81.8 cm³/mol. The van der Waals surface area contributed by atoms with Gasteiger partial charge in [0.25, 0.3) is 0 Å². The third-order valence-electron chi connectivity index (χ3n) is 2.56. The molecule has 0 saturated carbocycles. The molecular formula is C14H13ClN2S. The van der Waals surface area contributed by atoms with Gasteiger partial charge in [0.1, 0.15) is 4.99 Å². The number of rotatable bonds is 3. The summed E-state index contributed by atoms with van der Waals surface area (Å²) in [5.41, 5.74) is 9.36. The molecule has 0 saturated heterocycles. The third kappa shape index (κ3) is 2.81. The molecule has 0 amide bonds. The first-order valence-electron chi connectivity index (χ1n) is 5.50. The SMILES string of the molecule is Cc1cccc(Nc2cccc(Cl)c2C(N)=S)c1. The molecule has 0 unspecified atom stereocenters. The van der Waals surface area contributed by atoms with Crippen LogP contribution in [0.5, 0.6) is 0 Å². The fourth-order valence-electron chi connectivity index (χ4n) is 1.76. The molecule has 0 atom stereocenters. The quantitative estimate of drug-likeness (QED) is 0.832. The van der Waals surface area contributed by atoms with Gasteiger partial charge in [-0.1, -0.05) is 42.0 Å². The summed E-state index contributed by atoms with van der Waals surface area (Å²) in [4.78, 5) is 0.288. The zero-order chi connectivity index (χ0) is 13.1. The second-order valence-corrected chi connectivity index (χ2v) is 4.87. The zero-order valence-electron chi connectivity index (χ0n) is 9.91. The van der Waals surface area contributed by atoms with E-state index in [1.165, 1.54) is 5.56 Å². The minimum absolute atomic E-state index is 0.288. The van der Waals surface area contributed by atoms with Crippen LogP contribution in [-0.2, 0) is 0 Å². The lowest BCUT2D eigenvalue weighted by molar-refractivity contribution is 1.44. The second-order valence-electron chi connectivity index (χ2n) is 4.02. The van der Waals surface area contributed by atoms with Crippen LogP contribution in [0.3, 0.4) is 0 Å². The first-order chi connectivity index (χ1) is 8.58. The van der Waals surface area contributed by atoms with Crippen LogP contribution in [0.1, 0.15) is 11.1 Å². The number of benzene rings is 2. The first-order valence-corrected chi connectivity index (χ1v) is 6.28. The average Bonchev–Trinajstić information content (AvgIpc) is 2.28. The van der Waals surface area contributed by atoms with Gasteiger partial charge in [0.2, 0.25) is 0 Å². The van der Waals surface area contributed by atoms with E-state index in [0.717, 1.165) is 11.4 Å². The van der Waals surface area contributed by atoms with Crippen LogP contribution in [0.2, 0.25) is 5.02 Å². The van der Waals surface area contributed by atoms with Crippen molar-refractivity contribution < 1.29 is 0 Å². The normalized spacial score (nSPS) is 10.1. The second kappa shape index (κ2) is 5.38. The molecule has 2 rings (SSSR count). The number of thiocarbonyl (C=S) groups is 1. The average molecular weight is 277 g/mol. The Kier molecular flexibility index (Phi) is 3.84. The van der Waals surface area contributed by atoms with Gasteiger partial charge < -0.3 is 11.1 Å². The lowest BCUT2D eigenvalue weighted by Gasteiger charge is -2.13. The van der Waals surface area contributed by atoms with Gasteiger partial charge in [0, 0.05) is 5.69 Å². The van der Waals surface area contributed by atoms with Crippen LogP contribution in [-0.4, -0.2) is 4.99 Å². The monoisotopic (exact) mass is 276 g/mol. The minimum atomic E-state index is 0.288. The Morgan fingerprint density at radius 2 is 1.94 bits per heavy atom. The van der Waals surface area contributed by atoms with Crippen molar-refractivity contribution in [2.45, 2.75) is 6.92 Å². The van der Waals surface area contributed by atoms with Crippen molar-refractivity contribution >= 4 is 40.2 Å². The summed E-state index contributed by atoms with van der Waals surface area (Å²) in [5, 5.41) is 3.84. The van der Waals surface area contributed by atoms with E-state index in [1.54, 1.807) is 6.07 Å². The van der Waals surface area contributed by atoms with E-state index in [-0.39, 0.29) is 4.99 Å². The largest absolute Gasteiger partial charge is 0.389 e. The molecule has 18 heavy (non-hydrogen) atoms.